The fourth-order valence-electron chi connectivity index (χ4n) is 2.06. The van der Waals surface area contributed by atoms with Crippen molar-refractivity contribution in [3.8, 4) is 5.75 Å². The van der Waals surface area contributed by atoms with Crippen LogP contribution in [0, 0.1) is 0 Å². The first-order valence-corrected chi connectivity index (χ1v) is 8.07. The lowest BCUT2D eigenvalue weighted by molar-refractivity contribution is 0.372. The molecule has 0 fully saturated rings. The quantitative estimate of drug-likeness (QED) is 0.566. The van der Waals surface area contributed by atoms with E-state index in [2.05, 4.69) is 20.4 Å². The molecule has 0 radical (unpaired) electrons. The standard InChI is InChI=1S/C17H25N5O2/c1-12(2)16-21-15(24-22-16)9-11-20-17(18)19-10-8-13-4-6-14(23-3)7-5-13/h4-7,12H,8-11H2,1-3H3,(H3,18,19,20). The Hall–Kier alpha value is -2.57. The molecule has 0 unspecified atom stereocenters. The third-order valence-corrected chi connectivity index (χ3v) is 3.49. The highest BCUT2D eigenvalue weighted by molar-refractivity contribution is 5.77. The molecule has 1 aromatic heterocycles. The Bertz CT molecular complexity index is 649. The number of nitrogens with zero attached hydrogens (tertiary/aromatic N) is 3. The van der Waals surface area contributed by atoms with Gasteiger partial charge in [0.2, 0.25) is 5.89 Å². The van der Waals surface area contributed by atoms with Gasteiger partial charge in [-0.1, -0.05) is 31.1 Å². The van der Waals surface area contributed by atoms with Crippen molar-refractivity contribution in [1.29, 1.82) is 0 Å². The normalized spacial score (nSPS) is 11.8. The number of nitrogens with two attached hydrogens (primary N) is 1. The first-order valence-electron chi connectivity index (χ1n) is 8.07. The third kappa shape index (κ3) is 5.57. The summed E-state index contributed by atoms with van der Waals surface area (Å²) in [5, 5.41) is 7.02. The number of hydrogen-bond acceptors (Lipinski definition) is 5. The van der Waals surface area contributed by atoms with Crippen molar-refractivity contribution in [1.82, 2.24) is 15.5 Å². The van der Waals surface area contributed by atoms with Crippen molar-refractivity contribution in [2.24, 2.45) is 10.7 Å². The average molecular weight is 331 g/mol. The van der Waals surface area contributed by atoms with Gasteiger partial charge in [-0.15, -0.1) is 0 Å². The minimum atomic E-state index is 0.260. The Morgan fingerprint density at radius 1 is 1.29 bits per heavy atom. The van der Waals surface area contributed by atoms with Gasteiger partial charge in [0.1, 0.15) is 5.75 Å². The second kappa shape index (κ2) is 8.90. The summed E-state index contributed by atoms with van der Waals surface area (Å²) in [7, 11) is 1.66. The Kier molecular flexibility index (Phi) is 6.60. The van der Waals surface area contributed by atoms with Gasteiger partial charge in [0.05, 0.1) is 13.7 Å². The van der Waals surface area contributed by atoms with Crippen LogP contribution in [0.4, 0.5) is 0 Å². The predicted octanol–water partition coefficient (Wildman–Crippen LogP) is 1.89. The molecule has 0 aliphatic carbocycles. The molecule has 3 N–H and O–H groups in total. The van der Waals surface area contributed by atoms with Crippen molar-refractivity contribution in [2.75, 3.05) is 20.2 Å². The summed E-state index contributed by atoms with van der Waals surface area (Å²) in [5.74, 6) is 2.85. The number of guanidine groups is 1. The van der Waals surface area contributed by atoms with Gasteiger partial charge in [-0.2, -0.15) is 4.98 Å². The summed E-state index contributed by atoms with van der Waals surface area (Å²) in [6.07, 6.45) is 1.45. The zero-order valence-electron chi connectivity index (χ0n) is 14.5. The molecule has 7 heteroatoms. The molecule has 1 aromatic carbocycles. The van der Waals surface area contributed by atoms with Crippen LogP contribution in [0.3, 0.4) is 0 Å². The fourth-order valence-corrected chi connectivity index (χ4v) is 2.06. The molecule has 0 amide bonds. The number of aliphatic imine (C=N–C) groups is 1. The van der Waals surface area contributed by atoms with E-state index in [1.54, 1.807) is 7.11 Å². The first-order chi connectivity index (χ1) is 11.6. The lowest BCUT2D eigenvalue weighted by atomic mass is 10.1. The van der Waals surface area contributed by atoms with Crippen LogP contribution in [0.5, 0.6) is 5.75 Å². The van der Waals surface area contributed by atoms with Crippen LogP contribution in [-0.2, 0) is 12.8 Å². The minimum absolute atomic E-state index is 0.260. The second-order valence-electron chi connectivity index (χ2n) is 5.74. The van der Waals surface area contributed by atoms with Gasteiger partial charge < -0.3 is 20.3 Å². The van der Waals surface area contributed by atoms with Crippen molar-refractivity contribution >= 4 is 5.96 Å². The fraction of sp³-hybridized carbons (Fsp3) is 0.471. The van der Waals surface area contributed by atoms with Crippen LogP contribution < -0.4 is 15.8 Å². The van der Waals surface area contributed by atoms with E-state index in [1.165, 1.54) is 5.56 Å². The molecule has 0 atom stereocenters. The Labute approximate surface area is 142 Å². The summed E-state index contributed by atoms with van der Waals surface area (Å²) >= 11 is 0. The molecular weight excluding hydrogens is 306 g/mol. The van der Waals surface area contributed by atoms with Crippen molar-refractivity contribution in [3.63, 3.8) is 0 Å². The maximum Gasteiger partial charge on any atom is 0.228 e. The molecule has 0 spiro atoms. The highest BCUT2D eigenvalue weighted by Gasteiger charge is 2.08. The topological polar surface area (TPSA) is 98.6 Å². The summed E-state index contributed by atoms with van der Waals surface area (Å²) in [6, 6.07) is 7.97. The third-order valence-electron chi connectivity index (χ3n) is 3.49. The SMILES string of the molecule is COc1ccc(CCNC(N)=NCCc2nc(C(C)C)no2)cc1. The summed E-state index contributed by atoms with van der Waals surface area (Å²) in [4.78, 5) is 8.57. The first kappa shape index (κ1) is 17.8. The molecule has 0 saturated heterocycles. The smallest absolute Gasteiger partial charge is 0.228 e. The maximum absolute atomic E-state index is 5.85. The van der Waals surface area contributed by atoms with E-state index in [4.69, 9.17) is 15.0 Å². The molecule has 0 bridgehead atoms. The number of rotatable bonds is 8. The summed E-state index contributed by atoms with van der Waals surface area (Å²) in [6.45, 7) is 5.29. The molecule has 2 rings (SSSR count). The van der Waals surface area contributed by atoms with Crippen LogP contribution in [0.2, 0.25) is 0 Å². The highest BCUT2D eigenvalue weighted by atomic mass is 16.5. The van der Waals surface area contributed by atoms with Crippen LogP contribution >= 0.6 is 0 Å². The zero-order chi connectivity index (χ0) is 17.4. The minimum Gasteiger partial charge on any atom is -0.497 e. The monoisotopic (exact) mass is 331 g/mol. The number of methoxy groups -OCH3 is 1. The van der Waals surface area contributed by atoms with E-state index >= 15 is 0 Å². The summed E-state index contributed by atoms with van der Waals surface area (Å²) < 4.78 is 10.3. The Morgan fingerprint density at radius 2 is 2.04 bits per heavy atom. The summed E-state index contributed by atoms with van der Waals surface area (Å²) in [5.41, 5.74) is 7.06. The molecular formula is C17H25N5O2. The van der Waals surface area contributed by atoms with E-state index in [0.29, 0.717) is 24.8 Å². The lowest BCUT2D eigenvalue weighted by Gasteiger charge is -2.06. The molecule has 0 saturated carbocycles. The molecule has 2 aromatic rings. The number of benzene rings is 1. The van der Waals surface area contributed by atoms with Crippen molar-refractivity contribution in [2.45, 2.75) is 32.6 Å². The van der Waals surface area contributed by atoms with Crippen LogP contribution in [-0.4, -0.2) is 36.3 Å². The van der Waals surface area contributed by atoms with Crippen LogP contribution in [0.15, 0.2) is 33.8 Å². The molecule has 130 valence electrons. The molecule has 0 aliphatic heterocycles. The molecule has 0 aliphatic rings. The van der Waals surface area contributed by atoms with E-state index in [1.807, 2.05) is 38.1 Å². The number of nitrogens with one attached hydrogen (secondary N) is 1. The van der Waals surface area contributed by atoms with Crippen LogP contribution in [0.1, 0.15) is 37.0 Å². The predicted molar refractivity (Wildman–Crippen MR) is 93.3 cm³/mol. The molecule has 24 heavy (non-hydrogen) atoms. The van der Waals surface area contributed by atoms with Gasteiger partial charge in [0, 0.05) is 18.9 Å². The van der Waals surface area contributed by atoms with E-state index < -0.39 is 0 Å². The van der Waals surface area contributed by atoms with Gasteiger partial charge >= 0.3 is 0 Å². The van der Waals surface area contributed by atoms with Gasteiger partial charge in [-0.3, -0.25) is 4.99 Å². The number of aromatic nitrogens is 2. The highest BCUT2D eigenvalue weighted by Crippen LogP contribution is 2.11. The van der Waals surface area contributed by atoms with Gasteiger partial charge in [0.25, 0.3) is 0 Å². The van der Waals surface area contributed by atoms with Gasteiger partial charge in [-0.25, -0.2) is 0 Å². The molecule has 7 nitrogen and oxygen atoms in total. The number of ether oxygens (including phenoxy) is 1. The maximum atomic E-state index is 5.85. The van der Waals surface area contributed by atoms with Crippen molar-refractivity contribution in [3.05, 3.63) is 41.5 Å². The largest absolute Gasteiger partial charge is 0.497 e. The van der Waals surface area contributed by atoms with E-state index in [-0.39, 0.29) is 5.92 Å². The van der Waals surface area contributed by atoms with E-state index in [9.17, 15) is 0 Å². The van der Waals surface area contributed by atoms with E-state index in [0.717, 1.165) is 24.5 Å². The second-order valence-corrected chi connectivity index (χ2v) is 5.74. The van der Waals surface area contributed by atoms with Crippen molar-refractivity contribution < 1.29 is 9.26 Å². The lowest BCUT2D eigenvalue weighted by Crippen LogP contribution is -2.33. The van der Waals surface area contributed by atoms with Gasteiger partial charge in [0.15, 0.2) is 11.8 Å². The average Bonchev–Trinajstić information content (AvgIpc) is 3.05. The Balaban J connectivity index is 1.69. The Morgan fingerprint density at radius 3 is 2.67 bits per heavy atom. The van der Waals surface area contributed by atoms with Crippen LogP contribution in [0.25, 0.3) is 0 Å². The van der Waals surface area contributed by atoms with Gasteiger partial charge in [-0.05, 0) is 24.1 Å². The molecule has 1 heterocycles. The zero-order valence-corrected chi connectivity index (χ0v) is 14.5. The number of hydrogen-bond donors (Lipinski definition) is 2.